The molecule has 0 amide bonds. The fourth-order valence-electron chi connectivity index (χ4n) is 8.05. The Hall–Kier alpha value is -1.92. The molecule has 1 heterocycles. The van der Waals surface area contributed by atoms with Crippen molar-refractivity contribution >= 4 is 5.97 Å². The van der Waals surface area contributed by atoms with Crippen molar-refractivity contribution < 1.29 is 28.1 Å². The van der Waals surface area contributed by atoms with Gasteiger partial charge >= 0.3 is 5.97 Å². The minimum atomic E-state index is -0.599. The number of hydrogen-bond donors (Lipinski definition) is 0. The number of carbonyl (C=O) groups excluding carboxylic acids is 1. The van der Waals surface area contributed by atoms with Crippen LogP contribution in [0.5, 0.6) is 5.75 Å². The maximum absolute atomic E-state index is 13.7. The molecule has 1 aromatic rings. The molecule has 3 saturated carbocycles. The number of methoxy groups -OCH3 is 1. The third-order valence-electron chi connectivity index (χ3n) is 9.97. The van der Waals surface area contributed by atoms with Crippen molar-refractivity contribution in [3.63, 3.8) is 0 Å². The van der Waals surface area contributed by atoms with E-state index in [1.807, 2.05) is 0 Å². The summed E-state index contributed by atoms with van der Waals surface area (Å²) in [5.74, 6) is 0.618. The van der Waals surface area contributed by atoms with E-state index in [1.54, 1.807) is 0 Å². The smallest absolute Gasteiger partial charge is 0.341 e. The monoisotopic (exact) mass is 500 g/mol. The van der Waals surface area contributed by atoms with Crippen molar-refractivity contribution in [2.45, 2.75) is 84.0 Å². The summed E-state index contributed by atoms with van der Waals surface area (Å²) in [6.07, 6.45) is 10.3. The lowest BCUT2D eigenvalue weighted by molar-refractivity contribution is -0.316. The number of halogens is 1. The molecule has 1 unspecified atom stereocenters. The highest BCUT2D eigenvalue weighted by Gasteiger charge is 2.60. The number of carbonyl (C=O) groups is 1. The van der Waals surface area contributed by atoms with Gasteiger partial charge in [-0.1, -0.05) is 38.8 Å². The van der Waals surface area contributed by atoms with Gasteiger partial charge in [0, 0.05) is 11.3 Å². The molecule has 0 aromatic heterocycles. The van der Waals surface area contributed by atoms with Gasteiger partial charge in [0.2, 0.25) is 0 Å². The van der Waals surface area contributed by atoms with E-state index >= 15 is 0 Å². The molecule has 0 N–H and O–H groups in total. The predicted octanol–water partition coefficient (Wildman–Crippen LogP) is 6.70. The fourth-order valence-corrected chi connectivity index (χ4v) is 8.05. The van der Waals surface area contributed by atoms with Crippen molar-refractivity contribution in [3.8, 4) is 5.75 Å². The Bertz CT molecular complexity index is 988. The topological polar surface area (TPSA) is 54.0 Å². The van der Waals surface area contributed by atoms with Gasteiger partial charge < -0.3 is 18.9 Å². The third kappa shape index (κ3) is 4.49. The minimum Gasteiger partial charge on any atom is -0.493 e. The molecule has 5 nitrogen and oxygen atoms in total. The summed E-state index contributed by atoms with van der Waals surface area (Å²) >= 11 is 0. The molecule has 6 atom stereocenters. The largest absolute Gasteiger partial charge is 0.493 e. The molecular weight excluding hydrogens is 459 g/mol. The minimum absolute atomic E-state index is 0.00305. The molecule has 5 rings (SSSR count). The average molecular weight is 501 g/mol. The lowest BCUT2D eigenvalue weighted by atomic mass is 9.46. The Morgan fingerprint density at radius 1 is 1.17 bits per heavy atom. The lowest BCUT2D eigenvalue weighted by Crippen LogP contribution is -2.62. The second kappa shape index (κ2) is 10.1. The van der Waals surface area contributed by atoms with Crippen molar-refractivity contribution in [2.24, 2.45) is 28.6 Å². The summed E-state index contributed by atoms with van der Waals surface area (Å²) in [4.78, 5) is 12.1. The Morgan fingerprint density at radius 2 is 1.94 bits per heavy atom. The molecule has 0 radical (unpaired) electrons. The molecule has 0 bridgehead atoms. The highest BCUT2D eigenvalue weighted by molar-refractivity contribution is 5.92. The van der Waals surface area contributed by atoms with E-state index in [0.29, 0.717) is 30.1 Å². The van der Waals surface area contributed by atoms with Crippen molar-refractivity contribution in [1.29, 1.82) is 0 Å². The molecule has 6 heteroatoms. The molecular formula is C30H41FO5. The second-order valence-electron chi connectivity index (χ2n) is 12.0. The lowest BCUT2D eigenvalue weighted by Gasteiger charge is -2.63. The SMILES string of the molecule is C=C1CCC2[C@]3(C)CO[C@@H](C4CCCC4)O[C@@H]3CC[C@@]2(C)[C@@H]1CCOc1ccc(F)cc1C(=O)OC. The molecule has 36 heavy (non-hydrogen) atoms. The molecule has 198 valence electrons. The normalized spacial score (nSPS) is 36.7. The van der Waals surface area contributed by atoms with Gasteiger partial charge in [0.05, 0.1) is 26.4 Å². The average Bonchev–Trinajstić information content (AvgIpc) is 3.40. The van der Waals surface area contributed by atoms with Gasteiger partial charge in [0.15, 0.2) is 6.29 Å². The van der Waals surface area contributed by atoms with Crippen LogP contribution >= 0.6 is 0 Å². The number of fused-ring (bicyclic) bond motifs is 3. The number of allylic oxidation sites excluding steroid dienone is 1. The highest BCUT2D eigenvalue weighted by Crippen LogP contribution is 2.63. The van der Waals surface area contributed by atoms with Crippen LogP contribution in [0.15, 0.2) is 30.4 Å². The third-order valence-corrected chi connectivity index (χ3v) is 9.97. The van der Waals surface area contributed by atoms with E-state index in [-0.39, 0.29) is 28.8 Å². The van der Waals surface area contributed by atoms with E-state index in [1.165, 1.54) is 56.6 Å². The van der Waals surface area contributed by atoms with Crippen LogP contribution in [0.25, 0.3) is 0 Å². The number of benzene rings is 1. The van der Waals surface area contributed by atoms with Gasteiger partial charge in [-0.05, 0) is 80.4 Å². The van der Waals surface area contributed by atoms with Gasteiger partial charge in [0.25, 0.3) is 0 Å². The molecule has 1 aliphatic heterocycles. The van der Waals surface area contributed by atoms with Gasteiger partial charge in [-0.15, -0.1) is 0 Å². The first-order valence-corrected chi connectivity index (χ1v) is 13.7. The summed E-state index contributed by atoms with van der Waals surface area (Å²) in [6, 6.07) is 3.98. The summed E-state index contributed by atoms with van der Waals surface area (Å²) in [5.41, 5.74) is 1.49. The summed E-state index contributed by atoms with van der Waals surface area (Å²) in [5, 5.41) is 0. The van der Waals surface area contributed by atoms with Gasteiger partial charge in [-0.3, -0.25) is 0 Å². The molecule has 4 fully saturated rings. The summed E-state index contributed by atoms with van der Waals surface area (Å²) < 4.78 is 37.7. The van der Waals surface area contributed by atoms with Crippen LogP contribution in [0.1, 0.15) is 82.0 Å². The van der Waals surface area contributed by atoms with Crippen LogP contribution in [-0.2, 0) is 14.2 Å². The molecule has 4 aliphatic rings. The fraction of sp³-hybridized carbons (Fsp3) is 0.700. The Labute approximate surface area is 214 Å². The van der Waals surface area contributed by atoms with Gasteiger partial charge in [-0.2, -0.15) is 0 Å². The maximum Gasteiger partial charge on any atom is 0.341 e. The van der Waals surface area contributed by atoms with Crippen LogP contribution < -0.4 is 4.74 Å². The number of esters is 1. The van der Waals surface area contributed by atoms with Crippen molar-refractivity contribution in [2.75, 3.05) is 20.3 Å². The quantitative estimate of drug-likeness (QED) is 0.321. The van der Waals surface area contributed by atoms with Gasteiger partial charge in [0.1, 0.15) is 17.1 Å². The highest BCUT2D eigenvalue weighted by atomic mass is 19.1. The molecule has 1 saturated heterocycles. The van der Waals surface area contributed by atoms with Crippen LogP contribution in [0.3, 0.4) is 0 Å². The zero-order chi connectivity index (χ0) is 25.5. The Morgan fingerprint density at radius 3 is 2.69 bits per heavy atom. The van der Waals surface area contributed by atoms with Crippen LogP contribution in [-0.4, -0.2) is 38.7 Å². The van der Waals surface area contributed by atoms with E-state index in [4.69, 9.17) is 18.9 Å². The zero-order valence-electron chi connectivity index (χ0n) is 22.0. The molecule has 0 spiro atoms. The van der Waals surface area contributed by atoms with E-state index in [0.717, 1.165) is 38.7 Å². The van der Waals surface area contributed by atoms with E-state index in [9.17, 15) is 9.18 Å². The summed E-state index contributed by atoms with van der Waals surface area (Å²) in [7, 11) is 1.29. The zero-order valence-corrected chi connectivity index (χ0v) is 22.0. The summed E-state index contributed by atoms with van der Waals surface area (Å²) in [6.45, 7) is 10.5. The number of ether oxygens (including phenoxy) is 4. The maximum atomic E-state index is 13.7. The van der Waals surface area contributed by atoms with E-state index < -0.39 is 11.8 Å². The van der Waals surface area contributed by atoms with Crippen LogP contribution in [0.2, 0.25) is 0 Å². The van der Waals surface area contributed by atoms with Gasteiger partial charge in [-0.25, -0.2) is 9.18 Å². The van der Waals surface area contributed by atoms with Crippen molar-refractivity contribution in [1.82, 2.24) is 0 Å². The second-order valence-corrected chi connectivity index (χ2v) is 12.0. The standard InChI is InChI=1S/C30H41FO5/c1-19-9-12-25-29(2,15-13-26-30(25,3)18-35-28(36-26)20-7-5-6-8-20)23(19)14-16-34-24-11-10-21(31)17-22(24)27(32)33-4/h10-11,17,20,23,25-26,28H,1,5-9,12-16,18H2,2-4H3/t23-,25?,26-,28-,29+,30+/m1/s1. The number of rotatable bonds is 6. The first kappa shape index (κ1) is 25.7. The molecule has 3 aliphatic carbocycles. The first-order valence-electron chi connectivity index (χ1n) is 13.7. The molecule has 1 aromatic carbocycles. The Kier molecular flexibility index (Phi) is 7.21. The van der Waals surface area contributed by atoms with Crippen LogP contribution in [0, 0.1) is 34.4 Å². The van der Waals surface area contributed by atoms with E-state index in [2.05, 4.69) is 20.4 Å². The predicted molar refractivity (Wildman–Crippen MR) is 135 cm³/mol. The Balaban J connectivity index is 1.28. The van der Waals surface area contributed by atoms with Crippen molar-refractivity contribution in [3.05, 3.63) is 41.7 Å². The first-order chi connectivity index (χ1) is 17.3. The van der Waals surface area contributed by atoms with Crippen LogP contribution in [0.4, 0.5) is 4.39 Å². The number of hydrogen-bond acceptors (Lipinski definition) is 5.